The zero-order chi connectivity index (χ0) is 26.0. The average Bonchev–Trinajstić information content (AvgIpc) is 2.95. The van der Waals surface area contributed by atoms with Gasteiger partial charge in [-0.1, -0.05) is 55.1 Å². The molecule has 1 aliphatic heterocycles. The van der Waals surface area contributed by atoms with E-state index in [1.54, 1.807) is 12.1 Å². The maximum absolute atomic E-state index is 12.7. The Labute approximate surface area is 225 Å². The Morgan fingerprint density at radius 1 is 0.973 bits per heavy atom. The number of carbonyl (C=O) groups excluding carboxylic acids is 2. The molecule has 0 bridgehead atoms. The smallest absolute Gasteiger partial charge is 0.337 e. The summed E-state index contributed by atoms with van der Waals surface area (Å²) in [7, 11) is 1.37. The zero-order valence-corrected chi connectivity index (χ0v) is 22.4. The third kappa shape index (κ3) is 8.19. The molecule has 2 amide bonds. The Hall–Kier alpha value is -2.61. The number of nitrogens with one attached hydrogen (secondary N) is 1. The van der Waals surface area contributed by atoms with Crippen molar-refractivity contribution >= 4 is 23.6 Å². The van der Waals surface area contributed by atoms with Gasteiger partial charge in [0.05, 0.1) is 25.4 Å². The fraction of sp³-hybridized carbons (Fsp3) is 0.517. The van der Waals surface area contributed by atoms with Crippen LogP contribution in [0.25, 0.3) is 0 Å². The SMILES string of the molecule is COC(=O)c1ccc(CO[C@H](CN2CCN(C(=O)NCC3CCCCC3)CC2)c2ccc(Cl)cc2)cc1. The van der Waals surface area contributed by atoms with Gasteiger partial charge in [0.1, 0.15) is 0 Å². The van der Waals surface area contributed by atoms with Crippen LogP contribution in [0.2, 0.25) is 5.02 Å². The van der Waals surface area contributed by atoms with Gasteiger partial charge in [-0.25, -0.2) is 9.59 Å². The summed E-state index contributed by atoms with van der Waals surface area (Å²) in [6.07, 6.45) is 6.22. The minimum atomic E-state index is -0.353. The summed E-state index contributed by atoms with van der Waals surface area (Å²) >= 11 is 6.12. The largest absolute Gasteiger partial charge is 0.465 e. The lowest BCUT2D eigenvalue weighted by Crippen LogP contribution is -2.53. The van der Waals surface area contributed by atoms with E-state index in [1.807, 2.05) is 41.3 Å². The van der Waals surface area contributed by atoms with Crippen molar-refractivity contribution in [2.45, 2.75) is 44.8 Å². The highest BCUT2D eigenvalue weighted by Crippen LogP contribution is 2.24. The number of ether oxygens (including phenoxy) is 2. The van der Waals surface area contributed by atoms with E-state index >= 15 is 0 Å². The molecular weight excluding hydrogens is 490 g/mol. The minimum Gasteiger partial charge on any atom is -0.465 e. The molecule has 0 aromatic heterocycles. The first-order chi connectivity index (χ1) is 18.0. The van der Waals surface area contributed by atoms with E-state index < -0.39 is 0 Å². The van der Waals surface area contributed by atoms with Gasteiger partial charge in [0.2, 0.25) is 0 Å². The van der Waals surface area contributed by atoms with Crippen LogP contribution in [-0.2, 0) is 16.1 Å². The molecule has 1 atom stereocenters. The number of nitrogens with zero attached hydrogens (tertiary/aromatic N) is 2. The van der Waals surface area contributed by atoms with Gasteiger partial charge in [0.25, 0.3) is 0 Å². The van der Waals surface area contributed by atoms with Crippen molar-refractivity contribution in [1.82, 2.24) is 15.1 Å². The van der Waals surface area contributed by atoms with Crippen LogP contribution in [0, 0.1) is 5.92 Å². The molecule has 0 unspecified atom stereocenters. The topological polar surface area (TPSA) is 71.1 Å². The summed E-state index contributed by atoms with van der Waals surface area (Å²) in [5.41, 5.74) is 2.55. The second-order valence-corrected chi connectivity index (χ2v) is 10.5. The predicted octanol–water partition coefficient (Wildman–Crippen LogP) is 5.29. The molecule has 4 rings (SSSR count). The van der Waals surface area contributed by atoms with Crippen LogP contribution in [-0.4, -0.2) is 68.2 Å². The molecule has 1 saturated carbocycles. The van der Waals surface area contributed by atoms with Gasteiger partial charge < -0.3 is 19.7 Å². The molecule has 2 aromatic carbocycles. The molecular formula is C29H38ClN3O4. The van der Waals surface area contributed by atoms with Crippen LogP contribution >= 0.6 is 11.6 Å². The van der Waals surface area contributed by atoms with Gasteiger partial charge >= 0.3 is 12.0 Å². The number of halogens is 1. The molecule has 1 aliphatic carbocycles. The molecule has 37 heavy (non-hydrogen) atoms. The van der Waals surface area contributed by atoms with Gasteiger partial charge in [-0.3, -0.25) is 4.90 Å². The maximum Gasteiger partial charge on any atom is 0.337 e. The Balaban J connectivity index is 1.29. The highest BCUT2D eigenvalue weighted by atomic mass is 35.5. The van der Waals surface area contributed by atoms with Crippen molar-refractivity contribution in [3.8, 4) is 0 Å². The first-order valence-corrected chi connectivity index (χ1v) is 13.7. The second-order valence-electron chi connectivity index (χ2n) is 10.0. The van der Waals surface area contributed by atoms with Crippen molar-refractivity contribution in [2.75, 3.05) is 46.4 Å². The molecule has 1 N–H and O–H groups in total. The molecule has 0 spiro atoms. The Morgan fingerprint density at radius 2 is 1.65 bits per heavy atom. The van der Waals surface area contributed by atoms with Crippen LogP contribution in [0.1, 0.15) is 59.7 Å². The number of carbonyl (C=O) groups is 2. The summed E-state index contributed by atoms with van der Waals surface area (Å²) in [5.74, 6) is 0.279. The normalized spacial score (nSPS) is 17.8. The monoisotopic (exact) mass is 527 g/mol. The van der Waals surface area contributed by atoms with Crippen LogP contribution in [0.5, 0.6) is 0 Å². The number of urea groups is 1. The second kappa shape index (κ2) is 13.8. The lowest BCUT2D eigenvalue weighted by molar-refractivity contribution is 0.00552. The quantitative estimate of drug-likeness (QED) is 0.448. The summed E-state index contributed by atoms with van der Waals surface area (Å²) in [4.78, 5) is 28.7. The molecule has 200 valence electrons. The van der Waals surface area contributed by atoms with E-state index in [9.17, 15) is 9.59 Å². The lowest BCUT2D eigenvalue weighted by Gasteiger charge is -2.36. The van der Waals surface area contributed by atoms with Gasteiger partial charge in [0, 0.05) is 44.3 Å². The number of hydrogen-bond acceptors (Lipinski definition) is 5. The minimum absolute atomic E-state index is 0.0612. The molecule has 1 heterocycles. The number of amides is 2. The molecule has 2 fully saturated rings. The number of hydrogen-bond donors (Lipinski definition) is 1. The molecule has 1 saturated heterocycles. The Bertz CT molecular complexity index is 1000. The van der Waals surface area contributed by atoms with Gasteiger partial charge in [-0.15, -0.1) is 0 Å². The summed E-state index contributed by atoms with van der Waals surface area (Å²) in [5, 5.41) is 3.85. The van der Waals surface area contributed by atoms with Gasteiger partial charge in [0.15, 0.2) is 0 Å². The van der Waals surface area contributed by atoms with Gasteiger partial charge in [-0.05, 0) is 54.2 Å². The third-order valence-electron chi connectivity index (χ3n) is 7.42. The standard InChI is InChI=1S/C29H38ClN3O4/c1-36-28(34)25-9-7-23(8-10-25)21-37-27(24-11-13-26(30)14-12-24)20-32-15-17-33(18-16-32)29(35)31-19-22-5-3-2-4-6-22/h7-14,22,27H,2-6,15-21H2,1H3,(H,31,35)/t27-/m1/s1. The fourth-order valence-corrected chi connectivity index (χ4v) is 5.21. The first-order valence-electron chi connectivity index (χ1n) is 13.3. The van der Waals surface area contributed by atoms with Crippen molar-refractivity contribution in [2.24, 2.45) is 5.92 Å². The van der Waals surface area contributed by atoms with Crippen LogP contribution in [0.15, 0.2) is 48.5 Å². The van der Waals surface area contributed by atoms with Crippen molar-refractivity contribution in [3.63, 3.8) is 0 Å². The van der Waals surface area contributed by atoms with Crippen molar-refractivity contribution in [3.05, 3.63) is 70.2 Å². The summed E-state index contributed by atoms with van der Waals surface area (Å²) in [6.45, 7) is 4.96. The van der Waals surface area contributed by atoms with Gasteiger partial charge in [-0.2, -0.15) is 0 Å². The average molecular weight is 528 g/mol. The molecule has 2 aliphatic rings. The highest BCUT2D eigenvalue weighted by molar-refractivity contribution is 6.30. The van der Waals surface area contributed by atoms with E-state index in [4.69, 9.17) is 21.1 Å². The van der Waals surface area contributed by atoms with Crippen LogP contribution in [0.3, 0.4) is 0 Å². The Kier molecular flexibility index (Phi) is 10.2. The third-order valence-corrected chi connectivity index (χ3v) is 7.67. The van der Waals surface area contributed by atoms with Crippen LogP contribution < -0.4 is 5.32 Å². The fourth-order valence-electron chi connectivity index (χ4n) is 5.09. The lowest BCUT2D eigenvalue weighted by atomic mass is 9.89. The highest BCUT2D eigenvalue weighted by Gasteiger charge is 2.25. The zero-order valence-electron chi connectivity index (χ0n) is 21.7. The maximum atomic E-state index is 12.7. The number of esters is 1. The van der Waals surface area contributed by atoms with E-state index in [1.165, 1.54) is 39.2 Å². The predicted molar refractivity (Wildman–Crippen MR) is 145 cm³/mol. The number of piperazine rings is 1. The molecule has 2 aromatic rings. The van der Waals surface area contributed by atoms with E-state index in [-0.39, 0.29) is 18.1 Å². The summed E-state index contributed by atoms with van der Waals surface area (Å²) in [6, 6.07) is 15.1. The van der Waals surface area contributed by atoms with E-state index in [0.29, 0.717) is 36.2 Å². The Morgan fingerprint density at radius 3 is 2.30 bits per heavy atom. The molecule has 8 heteroatoms. The molecule has 7 nitrogen and oxygen atoms in total. The van der Waals surface area contributed by atoms with Crippen molar-refractivity contribution < 1.29 is 19.1 Å². The van der Waals surface area contributed by atoms with Crippen molar-refractivity contribution in [1.29, 1.82) is 0 Å². The van der Waals surface area contributed by atoms with E-state index in [2.05, 4.69) is 10.2 Å². The molecule has 0 radical (unpaired) electrons. The first kappa shape index (κ1) is 27.4. The number of methoxy groups -OCH3 is 1. The number of rotatable bonds is 9. The summed E-state index contributed by atoms with van der Waals surface area (Å²) < 4.78 is 11.1. The number of benzene rings is 2. The van der Waals surface area contributed by atoms with Crippen LogP contribution in [0.4, 0.5) is 4.79 Å². The van der Waals surface area contributed by atoms with E-state index in [0.717, 1.165) is 37.3 Å².